The number of hydrogen-bond acceptors (Lipinski definition) is 5. The lowest BCUT2D eigenvalue weighted by Gasteiger charge is -2.14. The standard InChI is InChI=1S/C14H17N3O2/c1-17(2)11-7-5-6-10(8-11)12-9-15-14(19-4)16-13(12)18-3/h5-9H,1-4H3. The van der Waals surface area contributed by atoms with Crippen molar-refractivity contribution in [3.05, 3.63) is 30.5 Å². The van der Waals surface area contributed by atoms with E-state index in [0.29, 0.717) is 11.9 Å². The number of anilines is 1. The fourth-order valence-corrected chi connectivity index (χ4v) is 1.75. The van der Waals surface area contributed by atoms with Crippen molar-refractivity contribution in [3.63, 3.8) is 0 Å². The monoisotopic (exact) mass is 259 g/mol. The molecular weight excluding hydrogens is 242 g/mol. The summed E-state index contributed by atoms with van der Waals surface area (Å²) in [6.45, 7) is 0. The summed E-state index contributed by atoms with van der Waals surface area (Å²) in [5, 5.41) is 0. The predicted octanol–water partition coefficient (Wildman–Crippen LogP) is 2.23. The molecule has 1 aromatic carbocycles. The normalized spacial score (nSPS) is 10.1. The van der Waals surface area contributed by atoms with Crippen LogP contribution in [-0.2, 0) is 0 Å². The number of aromatic nitrogens is 2. The molecule has 100 valence electrons. The van der Waals surface area contributed by atoms with Crippen molar-refractivity contribution in [2.75, 3.05) is 33.2 Å². The molecule has 0 radical (unpaired) electrons. The maximum atomic E-state index is 5.30. The Balaban J connectivity index is 2.49. The Bertz CT molecular complexity index is 570. The minimum atomic E-state index is 0.296. The van der Waals surface area contributed by atoms with E-state index < -0.39 is 0 Å². The molecule has 2 aromatic rings. The highest BCUT2D eigenvalue weighted by Crippen LogP contribution is 2.30. The van der Waals surface area contributed by atoms with E-state index in [2.05, 4.69) is 16.0 Å². The molecular formula is C14H17N3O2. The highest BCUT2D eigenvalue weighted by Gasteiger charge is 2.11. The van der Waals surface area contributed by atoms with E-state index in [0.717, 1.165) is 16.8 Å². The van der Waals surface area contributed by atoms with E-state index in [1.165, 1.54) is 7.11 Å². The van der Waals surface area contributed by atoms with E-state index in [9.17, 15) is 0 Å². The van der Waals surface area contributed by atoms with Gasteiger partial charge in [-0.05, 0) is 17.7 Å². The number of hydrogen-bond donors (Lipinski definition) is 0. The first-order chi connectivity index (χ1) is 9.15. The molecule has 19 heavy (non-hydrogen) atoms. The highest BCUT2D eigenvalue weighted by atomic mass is 16.5. The zero-order valence-electron chi connectivity index (χ0n) is 11.5. The lowest BCUT2D eigenvalue weighted by Crippen LogP contribution is -2.08. The SMILES string of the molecule is COc1ncc(-c2cccc(N(C)C)c2)c(OC)n1. The first kappa shape index (κ1) is 13.1. The quantitative estimate of drug-likeness (QED) is 0.842. The van der Waals surface area contributed by atoms with E-state index in [-0.39, 0.29) is 0 Å². The molecule has 0 amide bonds. The molecule has 0 atom stereocenters. The number of benzene rings is 1. The minimum absolute atomic E-state index is 0.296. The third-order valence-corrected chi connectivity index (χ3v) is 2.78. The van der Waals surface area contributed by atoms with Gasteiger partial charge in [0.2, 0.25) is 5.88 Å². The summed E-state index contributed by atoms with van der Waals surface area (Å²) < 4.78 is 10.3. The lowest BCUT2D eigenvalue weighted by molar-refractivity contribution is 0.353. The predicted molar refractivity (Wildman–Crippen MR) is 74.9 cm³/mol. The summed E-state index contributed by atoms with van der Waals surface area (Å²) in [6, 6.07) is 8.40. The van der Waals surface area contributed by atoms with Crippen LogP contribution in [0.4, 0.5) is 5.69 Å². The molecule has 1 aromatic heterocycles. The molecule has 0 saturated carbocycles. The van der Waals surface area contributed by atoms with E-state index >= 15 is 0 Å². The fourth-order valence-electron chi connectivity index (χ4n) is 1.75. The molecule has 0 aliphatic carbocycles. The van der Waals surface area contributed by atoms with Gasteiger partial charge in [0, 0.05) is 26.0 Å². The Morgan fingerprint density at radius 3 is 2.53 bits per heavy atom. The van der Waals surface area contributed by atoms with E-state index in [1.807, 2.05) is 37.2 Å². The summed E-state index contributed by atoms with van der Waals surface area (Å²) >= 11 is 0. The van der Waals surface area contributed by atoms with Crippen LogP contribution in [0.1, 0.15) is 0 Å². The van der Waals surface area contributed by atoms with Crippen LogP contribution in [0.2, 0.25) is 0 Å². The highest BCUT2D eigenvalue weighted by molar-refractivity contribution is 5.71. The summed E-state index contributed by atoms with van der Waals surface area (Å²) in [6.07, 6.45) is 1.71. The van der Waals surface area contributed by atoms with Crippen LogP contribution < -0.4 is 14.4 Å². The summed E-state index contributed by atoms with van der Waals surface area (Å²) in [5.41, 5.74) is 2.95. The maximum absolute atomic E-state index is 5.30. The molecule has 5 heteroatoms. The second kappa shape index (κ2) is 5.56. The van der Waals surface area contributed by atoms with E-state index in [4.69, 9.17) is 9.47 Å². The number of nitrogens with zero attached hydrogens (tertiary/aromatic N) is 3. The molecule has 1 heterocycles. The Labute approximate surface area is 112 Å². The first-order valence-corrected chi connectivity index (χ1v) is 5.88. The Morgan fingerprint density at radius 1 is 1.11 bits per heavy atom. The van der Waals surface area contributed by atoms with E-state index in [1.54, 1.807) is 13.3 Å². The Kier molecular flexibility index (Phi) is 3.85. The van der Waals surface area contributed by atoms with Crippen LogP contribution in [0.15, 0.2) is 30.5 Å². The number of rotatable bonds is 4. The zero-order valence-corrected chi connectivity index (χ0v) is 11.5. The third kappa shape index (κ3) is 2.76. The molecule has 0 fully saturated rings. The van der Waals surface area contributed by atoms with Crippen LogP contribution in [0.5, 0.6) is 11.9 Å². The minimum Gasteiger partial charge on any atom is -0.480 e. The molecule has 0 bridgehead atoms. The van der Waals surface area contributed by atoms with Crippen LogP contribution in [0.25, 0.3) is 11.1 Å². The second-order valence-corrected chi connectivity index (χ2v) is 4.22. The van der Waals surface area contributed by atoms with Gasteiger partial charge in [0.1, 0.15) is 0 Å². The molecule has 0 saturated heterocycles. The molecule has 2 rings (SSSR count). The largest absolute Gasteiger partial charge is 0.480 e. The van der Waals surface area contributed by atoms with Crippen molar-refractivity contribution in [2.24, 2.45) is 0 Å². The summed E-state index contributed by atoms with van der Waals surface area (Å²) in [5.74, 6) is 0.503. The Hall–Kier alpha value is -2.30. The molecule has 0 aliphatic heterocycles. The van der Waals surface area contributed by atoms with Crippen molar-refractivity contribution in [3.8, 4) is 23.0 Å². The van der Waals surface area contributed by atoms with Gasteiger partial charge in [-0.3, -0.25) is 0 Å². The molecule has 0 aliphatic rings. The number of methoxy groups -OCH3 is 2. The van der Waals surface area contributed by atoms with Gasteiger partial charge < -0.3 is 14.4 Å². The molecule has 0 spiro atoms. The van der Waals surface area contributed by atoms with Crippen molar-refractivity contribution in [2.45, 2.75) is 0 Å². The fraction of sp³-hybridized carbons (Fsp3) is 0.286. The second-order valence-electron chi connectivity index (χ2n) is 4.22. The van der Waals surface area contributed by atoms with Crippen molar-refractivity contribution in [1.29, 1.82) is 0 Å². The zero-order chi connectivity index (χ0) is 13.8. The smallest absolute Gasteiger partial charge is 0.319 e. The van der Waals surface area contributed by atoms with Gasteiger partial charge in [-0.2, -0.15) is 4.98 Å². The summed E-state index contributed by atoms with van der Waals surface area (Å²) in [4.78, 5) is 10.4. The molecule has 0 N–H and O–H groups in total. The van der Waals surface area contributed by atoms with Gasteiger partial charge in [-0.1, -0.05) is 12.1 Å². The summed E-state index contributed by atoms with van der Waals surface area (Å²) in [7, 11) is 7.11. The third-order valence-electron chi connectivity index (χ3n) is 2.78. The average Bonchev–Trinajstić information content (AvgIpc) is 2.46. The van der Waals surface area contributed by atoms with Crippen molar-refractivity contribution in [1.82, 2.24) is 9.97 Å². The average molecular weight is 259 g/mol. The van der Waals surface area contributed by atoms with Gasteiger partial charge in [0.25, 0.3) is 0 Å². The topological polar surface area (TPSA) is 47.5 Å². The van der Waals surface area contributed by atoms with Gasteiger partial charge in [-0.25, -0.2) is 4.98 Å². The van der Waals surface area contributed by atoms with Crippen molar-refractivity contribution < 1.29 is 9.47 Å². The lowest BCUT2D eigenvalue weighted by atomic mass is 10.1. The maximum Gasteiger partial charge on any atom is 0.319 e. The van der Waals surface area contributed by atoms with Gasteiger partial charge in [0.05, 0.1) is 19.8 Å². The number of ether oxygens (including phenoxy) is 2. The van der Waals surface area contributed by atoms with Crippen LogP contribution in [0, 0.1) is 0 Å². The van der Waals surface area contributed by atoms with Crippen LogP contribution in [-0.4, -0.2) is 38.3 Å². The van der Waals surface area contributed by atoms with Gasteiger partial charge in [0.15, 0.2) is 0 Å². The van der Waals surface area contributed by atoms with Gasteiger partial charge >= 0.3 is 6.01 Å². The molecule has 0 unspecified atom stereocenters. The van der Waals surface area contributed by atoms with Crippen LogP contribution >= 0.6 is 0 Å². The molecule has 5 nitrogen and oxygen atoms in total. The van der Waals surface area contributed by atoms with Crippen LogP contribution in [0.3, 0.4) is 0 Å². The Morgan fingerprint density at radius 2 is 1.89 bits per heavy atom. The first-order valence-electron chi connectivity index (χ1n) is 5.88. The van der Waals surface area contributed by atoms with Crippen molar-refractivity contribution >= 4 is 5.69 Å². The van der Waals surface area contributed by atoms with Gasteiger partial charge in [-0.15, -0.1) is 0 Å².